The van der Waals surface area contributed by atoms with Crippen LogP contribution in [0.25, 0.3) is 0 Å². The Morgan fingerprint density at radius 1 is 1.18 bits per heavy atom. The van der Waals surface area contributed by atoms with Crippen LogP contribution in [0, 0.1) is 0 Å². The number of fused-ring (bicyclic) bond motifs is 1. The number of aromatic nitrogens is 2. The molecule has 1 aromatic heterocycles. The molecule has 2 fully saturated rings. The fourth-order valence-electron chi connectivity index (χ4n) is 5.28. The number of hydrogen-bond acceptors (Lipinski definition) is 5. The quantitative estimate of drug-likeness (QED) is 0.562. The van der Waals surface area contributed by atoms with Gasteiger partial charge in [-0.1, -0.05) is 36.2 Å². The molecular weight excluding hydrogens is 476 g/mol. The number of halogens is 3. The van der Waals surface area contributed by atoms with Crippen molar-refractivity contribution < 1.29 is 9.18 Å². The molecule has 182 valence electrons. The summed E-state index contributed by atoms with van der Waals surface area (Å²) in [6, 6.07) is 6.05. The highest BCUT2D eigenvalue weighted by molar-refractivity contribution is 6.42. The third kappa shape index (κ3) is 4.62. The van der Waals surface area contributed by atoms with E-state index in [2.05, 4.69) is 26.8 Å². The van der Waals surface area contributed by atoms with Crippen LogP contribution in [0.4, 0.5) is 10.2 Å². The first kappa shape index (κ1) is 23.8. The molecule has 3 aliphatic rings. The number of amides is 1. The fraction of sp³-hybridized carbons (Fsp3) is 0.560. The third-order valence-corrected chi connectivity index (χ3v) is 8.16. The van der Waals surface area contributed by atoms with E-state index in [4.69, 9.17) is 23.2 Å². The summed E-state index contributed by atoms with van der Waals surface area (Å²) in [5, 5.41) is 0.955. The zero-order valence-corrected chi connectivity index (χ0v) is 21.1. The molecule has 0 spiro atoms. The maximum absolute atomic E-state index is 14.4. The highest BCUT2D eigenvalue weighted by Crippen LogP contribution is 2.44. The van der Waals surface area contributed by atoms with Gasteiger partial charge in [0.25, 0.3) is 0 Å². The van der Waals surface area contributed by atoms with Crippen molar-refractivity contribution in [3.05, 3.63) is 51.4 Å². The molecule has 0 N–H and O–H groups in total. The van der Waals surface area contributed by atoms with E-state index in [1.165, 1.54) is 19.2 Å². The number of hydrogen-bond donors (Lipinski definition) is 0. The number of piperazine rings is 1. The van der Waals surface area contributed by atoms with Crippen molar-refractivity contribution in [2.75, 3.05) is 44.7 Å². The van der Waals surface area contributed by atoms with Crippen LogP contribution >= 0.6 is 23.2 Å². The molecule has 1 aliphatic heterocycles. The summed E-state index contributed by atoms with van der Waals surface area (Å²) in [5.41, 5.74) is 2.35. The van der Waals surface area contributed by atoms with Crippen molar-refractivity contribution in [2.24, 2.45) is 0 Å². The average Bonchev–Trinajstić information content (AvgIpc) is 3.65. The highest BCUT2D eigenvalue weighted by Gasteiger charge is 2.37. The first-order valence-electron chi connectivity index (χ1n) is 12.0. The molecule has 3 atom stereocenters. The van der Waals surface area contributed by atoms with Gasteiger partial charge in [0.15, 0.2) is 0 Å². The highest BCUT2D eigenvalue weighted by atomic mass is 35.5. The number of carbonyl (C=O) groups is 1. The molecule has 6 nitrogen and oxygen atoms in total. The lowest BCUT2D eigenvalue weighted by atomic mass is 9.96. The Balaban J connectivity index is 1.32. The summed E-state index contributed by atoms with van der Waals surface area (Å²) in [4.78, 5) is 28.8. The summed E-state index contributed by atoms with van der Waals surface area (Å²) in [5.74, 6) is 0.718. The van der Waals surface area contributed by atoms with E-state index in [0.717, 1.165) is 16.9 Å². The summed E-state index contributed by atoms with van der Waals surface area (Å²) < 4.78 is 14.4. The van der Waals surface area contributed by atoms with E-state index in [1.54, 1.807) is 6.07 Å². The SMILES string of the molecule is C[C@@H]1C[C@@H](F)c2ncnc(N3CCN(C(=O)[C@H](CN(C)C4CC4)c4ccc(Cl)c(Cl)c4)CC3)c21. The Hall–Kier alpha value is -1.96. The smallest absolute Gasteiger partial charge is 0.231 e. The van der Waals surface area contributed by atoms with Crippen LogP contribution in [-0.2, 0) is 4.79 Å². The Morgan fingerprint density at radius 2 is 1.91 bits per heavy atom. The molecule has 1 saturated carbocycles. The minimum absolute atomic E-state index is 0.0952. The van der Waals surface area contributed by atoms with E-state index in [-0.39, 0.29) is 17.7 Å². The van der Waals surface area contributed by atoms with Crippen molar-refractivity contribution in [2.45, 2.75) is 50.2 Å². The van der Waals surface area contributed by atoms with Gasteiger partial charge in [0, 0.05) is 44.3 Å². The lowest BCUT2D eigenvalue weighted by Gasteiger charge is -2.38. The van der Waals surface area contributed by atoms with Gasteiger partial charge < -0.3 is 14.7 Å². The number of anilines is 1. The maximum atomic E-state index is 14.4. The molecule has 1 saturated heterocycles. The molecule has 2 aliphatic carbocycles. The number of rotatable bonds is 6. The van der Waals surface area contributed by atoms with Crippen molar-refractivity contribution in [1.29, 1.82) is 0 Å². The zero-order valence-electron chi connectivity index (χ0n) is 19.6. The zero-order chi connectivity index (χ0) is 24.0. The van der Waals surface area contributed by atoms with Crippen molar-refractivity contribution in [3.63, 3.8) is 0 Å². The predicted molar refractivity (Wildman–Crippen MR) is 133 cm³/mol. The maximum Gasteiger partial charge on any atom is 0.231 e. The molecule has 0 radical (unpaired) electrons. The minimum atomic E-state index is -1.02. The Bertz CT molecular complexity index is 1070. The van der Waals surface area contributed by atoms with Crippen LogP contribution in [0.3, 0.4) is 0 Å². The Morgan fingerprint density at radius 3 is 2.59 bits per heavy atom. The minimum Gasteiger partial charge on any atom is -0.353 e. The second kappa shape index (κ2) is 9.59. The molecule has 5 rings (SSSR count). The largest absolute Gasteiger partial charge is 0.353 e. The van der Waals surface area contributed by atoms with E-state index >= 15 is 0 Å². The summed E-state index contributed by atoms with van der Waals surface area (Å²) in [6.07, 6.45) is 3.26. The Labute approximate surface area is 210 Å². The van der Waals surface area contributed by atoms with Crippen LogP contribution in [0.15, 0.2) is 24.5 Å². The van der Waals surface area contributed by atoms with Crippen LogP contribution in [0.5, 0.6) is 0 Å². The summed E-state index contributed by atoms with van der Waals surface area (Å²) in [6.45, 7) is 5.18. The van der Waals surface area contributed by atoms with Crippen molar-refractivity contribution in [1.82, 2.24) is 19.8 Å². The number of carbonyl (C=O) groups excluding carboxylic acids is 1. The van der Waals surface area contributed by atoms with Gasteiger partial charge in [-0.3, -0.25) is 4.79 Å². The van der Waals surface area contributed by atoms with Gasteiger partial charge in [0.05, 0.1) is 21.7 Å². The van der Waals surface area contributed by atoms with E-state index in [0.29, 0.717) is 60.9 Å². The molecule has 2 aromatic rings. The first-order chi connectivity index (χ1) is 16.3. The Kier molecular flexibility index (Phi) is 6.70. The molecule has 2 heterocycles. The molecule has 9 heteroatoms. The average molecular weight is 506 g/mol. The monoisotopic (exact) mass is 505 g/mol. The van der Waals surface area contributed by atoms with Crippen molar-refractivity contribution >= 4 is 34.9 Å². The standard InChI is InChI=1S/C25H30Cl2FN5O/c1-15-11-21(28)23-22(15)24(30-14-29-23)32-7-9-33(10-8-32)25(34)18(13-31(2)17-4-5-17)16-3-6-19(26)20(27)12-16/h3,6,12,14-15,17-18,21H,4-5,7-11,13H2,1-2H3/t15-,18-,21-/m1/s1. The second-order valence-electron chi connectivity index (χ2n) is 9.81. The third-order valence-electron chi connectivity index (χ3n) is 7.42. The summed E-state index contributed by atoms with van der Waals surface area (Å²) >= 11 is 12.4. The van der Waals surface area contributed by atoms with Crippen LogP contribution in [0.2, 0.25) is 10.0 Å². The van der Waals surface area contributed by atoms with Gasteiger partial charge >= 0.3 is 0 Å². The number of benzene rings is 1. The fourth-order valence-corrected chi connectivity index (χ4v) is 5.59. The van der Waals surface area contributed by atoms with Gasteiger partial charge in [-0.2, -0.15) is 0 Å². The lowest BCUT2D eigenvalue weighted by molar-refractivity contribution is -0.133. The molecule has 1 aromatic carbocycles. The number of alkyl halides is 1. The van der Waals surface area contributed by atoms with E-state index < -0.39 is 6.17 Å². The van der Waals surface area contributed by atoms with Crippen LogP contribution in [-0.4, -0.2) is 71.5 Å². The van der Waals surface area contributed by atoms with E-state index in [9.17, 15) is 9.18 Å². The second-order valence-corrected chi connectivity index (χ2v) is 10.6. The molecule has 0 unspecified atom stereocenters. The van der Waals surface area contributed by atoms with Crippen LogP contribution < -0.4 is 4.90 Å². The van der Waals surface area contributed by atoms with Crippen molar-refractivity contribution in [3.8, 4) is 0 Å². The lowest BCUT2D eigenvalue weighted by Crippen LogP contribution is -2.51. The van der Waals surface area contributed by atoms with Gasteiger partial charge in [-0.25, -0.2) is 14.4 Å². The molecule has 1 amide bonds. The first-order valence-corrected chi connectivity index (χ1v) is 12.8. The van der Waals surface area contributed by atoms with Crippen LogP contribution in [0.1, 0.15) is 61.0 Å². The topological polar surface area (TPSA) is 52.6 Å². The van der Waals surface area contributed by atoms with Gasteiger partial charge in [0.1, 0.15) is 18.3 Å². The van der Waals surface area contributed by atoms with Gasteiger partial charge in [0.2, 0.25) is 5.91 Å². The predicted octanol–water partition coefficient (Wildman–Crippen LogP) is 4.83. The normalized spacial score (nSPS) is 23.4. The molecular formula is C25H30Cl2FN5O. The number of likely N-dealkylation sites (N-methyl/N-ethyl adjacent to an activating group) is 1. The van der Waals surface area contributed by atoms with E-state index in [1.807, 2.05) is 24.0 Å². The molecule has 0 bridgehead atoms. The van der Waals surface area contributed by atoms with Gasteiger partial charge in [-0.15, -0.1) is 0 Å². The van der Waals surface area contributed by atoms with Gasteiger partial charge in [-0.05, 0) is 49.9 Å². The number of nitrogens with zero attached hydrogens (tertiary/aromatic N) is 5. The molecule has 34 heavy (non-hydrogen) atoms. The summed E-state index contributed by atoms with van der Waals surface area (Å²) in [7, 11) is 2.09.